The highest BCUT2D eigenvalue weighted by atomic mass is 15.0. The molecule has 0 bridgehead atoms. The average Bonchev–Trinajstić information content (AvgIpc) is 3.92. The molecule has 0 fully saturated rings. The lowest BCUT2D eigenvalue weighted by molar-refractivity contribution is 0.748. The van der Waals surface area contributed by atoms with Crippen LogP contribution in [-0.2, 0) is 5.41 Å². The second-order valence-corrected chi connectivity index (χ2v) is 17.9. The molecule has 1 aliphatic carbocycles. The molecule has 0 amide bonds. The molecule has 2 aromatic heterocycles. The first-order valence-electron chi connectivity index (χ1n) is 23.3. The molecule has 0 radical (unpaired) electrons. The van der Waals surface area contributed by atoms with Gasteiger partial charge in [0, 0.05) is 27.5 Å². The summed E-state index contributed by atoms with van der Waals surface area (Å²) in [5, 5.41) is 2.53. The lowest BCUT2D eigenvalue weighted by Crippen LogP contribution is -2.33. The minimum atomic E-state index is -0.599. The maximum absolute atomic E-state index is 5.14. The van der Waals surface area contributed by atoms with E-state index >= 15 is 0 Å². The van der Waals surface area contributed by atoms with Gasteiger partial charge in [-0.3, -0.25) is 0 Å². The van der Waals surface area contributed by atoms with Gasteiger partial charge in [0.1, 0.15) is 0 Å². The van der Waals surface area contributed by atoms with Gasteiger partial charge in [0.15, 0.2) is 17.5 Å². The monoisotopic (exact) mass is 864 g/mol. The summed E-state index contributed by atoms with van der Waals surface area (Å²) < 4.78 is 2.51. The summed E-state index contributed by atoms with van der Waals surface area (Å²) in [6.07, 6.45) is 0. The molecule has 68 heavy (non-hydrogen) atoms. The molecule has 12 aromatic rings. The zero-order valence-corrected chi connectivity index (χ0v) is 36.9. The Morgan fingerprint density at radius 3 is 1.53 bits per heavy atom. The highest BCUT2D eigenvalue weighted by Gasteiger charge is 2.51. The van der Waals surface area contributed by atoms with Crippen molar-refractivity contribution in [3.05, 3.63) is 265 Å². The van der Waals surface area contributed by atoms with E-state index in [-0.39, 0.29) is 0 Å². The first kappa shape index (κ1) is 38.3. The van der Waals surface area contributed by atoms with Crippen LogP contribution in [0.4, 0.5) is 0 Å². The molecule has 0 N–H and O–H groups in total. The summed E-state index contributed by atoms with van der Waals surface area (Å²) in [5.74, 6) is 1.91. The summed E-state index contributed by atoms with van der Waals surface area (Å²) in [6, 6.07) is 87.8. The van der Waals surface area contributed by atoms with Crippen molar-refractivity contribution in [1.29, 1.82) is 0 Å². The molecule has 1 unspecified atom stereocenters. The Hall–Kier alpha value is -8.99. The molecule has 1 spiro atoms. The van der Waals surface area contributed by atoms with Crippen LogP contribution in [-0.4, -0.2) is 19.5 Å². The van der Waals surface area contributed by atoms with Gasteiger partial charge in [0.2, 0.25) is 0 Å². The van der Waals surface area contributed by atoms with Crippen LogP contribution in [0.5, 0.6) is 0 Å². The van der Waals surface area contributed by atoms with Crippen LogP contribution in [0.2, 0.25) is 0 Å². The molecule has 1 aliphatic heterocycles. The van der Waals surface area contributed by atoms with Gasteiger partial charge in [-0.1, -0.05) is 218 Å². The van der Waals surface area contributed by atoms with Gasteiger partial charge >= 0.3 is 0 Å². The highest BCUT2D eigenvalue weighted by molar-refractivity contribution is 6.13. The zero-order chi connectivity index (χ0) is 44.8. The highest BCUT2D eigenvalue weighted by Crippen LogP contribution is 2.63. The topological polar surface area (TPSA) is 43.6 Å². The molecule has 10 aromatic carbocycles. The Kier molecular flexibility index (Phi) is 8.46. The van der Waals surface area contributed by atoms with Gasteiger partial charge in [0.25, 0.3) is 0 Å². The summed E-state index contributed by atoms with van der Waals surface area (Å²) in [7, 11) is 0. The second kappa shape index (κ2) is 15.0. The standard InChI is InChI=1S/C64H40N4/c1-4-17-41(18-5-1)42-33-35-43(36-34-42)46-37-38-53-52(40-46)59-49(47-23-14-24-48(39-47)63-66-61(44-19-6-2-7-20-44)65-62(67-63)45-21-8-3-9-22-45)26-15-29-55(59)64(53)54-28-11-13-32-58(54)68-57-31-12-10-25-50(57)51-27-16-30-56(64)60(51)68/h1-40H. The molecule has 0 saturated heterocycles. The van der Waals surface area contributed by atoms with Gasteiger partial charge in [-0.15, -0.1) is 0 Å². The van der Waals surface area contributed by atoms with Crippen molar-refractivity contribution >= 4 is 21.8 Å². The minimum Gasteiger partial charge on any atom is -0.309 e. The molecule has 2 aliphatic rings. The van der Waals surface area contributed by atoms with Crippen molar-refractivity contribution in [3.8, 4) is 84.4 Å². The van der Waals surface area contributed by atoms with Crippen LogP contribution in [0.1, 0.15) is 22.3 Å². The Balaban J connectivity index is 1.02. The molecule has 316 valence electrons. The van der Waals surface area contributed by atoms with Crippen molar-refractivity contribution in [2.45, 2.75) is 5.41 Å². The SMILES string of the molecule is c1ccc(-c2ccc(-c3ccc4c(c3)-c3c(-c5cccc(-c6nc(-c7ccccc7)nc(-c7ccccc7)n6)c5)cccc3C43c4ccccc4-n4c5ccccc5c5cccc3c54)cc2)cc1. The number of benzene rings is 10. The largest absolute Gasteiger partial charge is 0.309 e. The smallest absolute Gasteiger partial charge is 0.164 e. The average molecular weight is 865 g/mol. The van der Waals surface area contributed by atoms with Crippen LogP contribution in [0, 0.1) is 0 Å². The fourth-order valence-electron chi connectivity index (χ4n) is 11.3. The third kappa shape index (κ3) is 5.64. The van der Waals surface area contributed by atoms with E-state index in [0.717, 1.165) is 27.8 Å². The van der Waals surface area contributed by atoms with E-state index in [0.29, 0.717) is 17.5 Å². The Morgan fingerprint density at radius 1 is 0.294 bits per heavy atom. The zero-order valence-electron chi connectivity index (χ0n) is 36.9. The molecule has 4 heteroatoms. The first-order valence-corrected chi connectivity index (χ1v) is 23.3. The van der Waals surface area contributed by atoms with Gasteiger partial charge in [0.05, 0.1) is 22.1 Å². The maximum Gasteiger partial charge on any atom is 0.164 e. The van der Waals surface area contributed by atoms with Gasteiger partial charge in [-0.2, -0.15) is 0 Å². The number of aromatic nitrogens is 4. The second-order valence-electron chi connectivity index (χ2n) is 17.9. The van der Waals surface area contributed by atoms with Gasteiger partial charge in [-0.05, 0) is 91.0 Å². The summed E-state index contributed by atoms with van der Waals surface area (Å²) in [4.78, 5) is 15.3. The normalized spacial score (nSPS) is 14.2. The van der Waals surface area contributed by atoms with Crippen LogP contribution in [0.15, 0.2) is 243 Å². The van der Waals surface area contributed by atoms with E-state index in [1.54, 1.807) is 0 Å². The van der Waals surface area contributed by atoms with Crippen molar-refractivity contribution < 1.29 is 0 Å². The maximum atomic E-state index is 5.14. The molecule has 3 heterocycles. The minimum absolute atomic E-state index is 0.599. The van der Waals surface area contributed by atoms with Gasteiger partial charge < -0.3 is 4.57 Å². The fraction of sp³-hybridized carbons (Fsp3) is 0.0156. The predicted octanol–water partition coefficient (Wildman–Crippen LogP) is 15.6. The van der Waals surface area contributed by atoms with Crippen LogP contribution >= 0.6 is 0 Å². The molecule has 1 atom stereocenters. The Bertz CT molecular complexity index is 3890. The number of hydrogen-bond acceptors (Lipinski definition) is 3. The number of fused-ring (bicyclic) bond motifs is 12. The third-order valence-electron chi connectivity index (χ3n) is 14.3. The lowest BCUT2D eigenvalue weighted by Gasteiger charge is -2.39. The fourth-order valence-corrected chi connectivity index (χ4v) is 11.3. The van der Waals surface area contributed by atoms with E-state index in [1.807, 2.05) is 36.4 Å². The third-order valence-corrected chi connectivity index (χ3v) is 14.3. The summed E-state index contributed by atoms with van der Waals surface area (Å²) in [5.41, 5.74) is 20.6. The van der Waals surface area contributed by atoms with E-state index in [9.17, 15) is 0 Å². The molecular weight excluding hydrogens is 825 g/mol. The van der Waals surface area contributed by atoms with Crippen molar-refractivity contribution in [2.75, 3.05) is 0 Å². The number of para-hydroxylation sites is 3. The summed E-state index contributed by atoms with van der Waals surface area (Å²) >= 11 is 0. The van der Waals surface area contributed by atoms with E-state index < -0.39 is 5.41 Å². The quantitative estimate of drug-likeness (QED) is 0.167. The van der Waals surface area contributed by atoms with Crippen LogP contribution < -0.4 is 0 Å². The first-order chi connectivity index (χ1) is 33.7. The molecule has 4 nitrogen and oxygen atoms in total. The van der Waals surface area contributed by atoms with Crippen LogP contribution in [0.25, 0.3) is 106 Å². The van der Waals surface area contributed by atoms with E-state index in [1.165, 1.54) is 83.1 Å². The molecular formula is C64H40N4. The van der Waals surface area contributed by atoms with Crippen LogP contribution in [0.3, 0.4) is 0 Å². The predicted molar refractivity (Wildman–Crippen MR) is 278 cm³/mol. The van der Waals surface area contributed by atoms with Crippen molar-refractivity contribution in [1.82, 2.24) is 19.5 Å². The number of rotatable bonds is 6. The van der Waals surface area contributed by atoms with E-state index in [2.05, 4.69) is 211 Å². The van der Waals surface area contributed by atoms with Crippen molar-refractivity contribution in [3.63, 3.8) is 0 Å². The van der Waals surface area contributed by atoms with Crippen molar-refractivity contribution in [2.24, 2.45) is 0 Å². The molecule has 14 rings (SSSR count). The molecule has 0 saturated carbocycles. The Morgan fingerprint density at radius 2 is 0.794 bits per heavy atom. The Labute approximate surface area is 394 Å². The lowest BCUT2D eigenvalue weighted by atomic mass is 9.65. The van der Waals surface area contributed by atoms with E-state index in [4.69, 9.17) is 15.0 Å². The number of nitrogens with zero attached hydrogens (tertiary/aromatic N) is 4. The number of hydrogen-bond donors (Lipinski definition) is 0. The van der Waals surface area contributed by atoms with Gasteiger partial charge in [-0.25, -0.2) is 15.0 Å². The summed E-state index contributed by atoms with van der Waals surface area (Å²) in [6.45, 7) is 0.